The number of carbonyl (C=O) groups is 2. The predicted octanol–water partition coefficient (Wildman–Crippen LogP) is 2.31. The first kappa shape index (κ1) is 20.1. The molecule has 0 aromatic heterocycles. The van der Waals surface area contributed by atoms with E-state index in [0.717, 1.165) is 33.5 Å². The number of hydrogen-bond donors (Lipinski definition) is 0. The summed E-state index contributed by atoms with van der Waals surface area (Å²) in [5.41, 5.74) is 2.69. The second kappa shape index (κ2) is 8.58. The van der Waals surface area contributed by atoms with Gasteiger partial charge in [0.2, 0.25) is 0 Å². The van der Waals surface area contributed by atoms with Gasteiger partial charge in [0.15, 0.2) is 0 Å². The molecule has 1 aliphatic heterocycles. The maximum absolute atomic E-state index is 12.9. The van der Waals surface area contributed by atoms with Gasteiger partial charge >= 0.3 is 0 Å². The lowest BCUT2D eigenvalue weighted by Crippen LogP contribution is -2.51. The van der Waals surface area contributed by atoms with Crippen molar-refractivity contribution in [1.29, 1.82) is 0 Å². The monoisotopic (exact) mass is 411 g/mol. The Labute approximate surface area is 173 Å². The molecule has 2 aromatic carbocycles. The van der Waals surface area contributed by atoms with Gasteiger partial charge in [-0.1, -0.05) is 66.4 Å². The average molecular weight is 412 g/mol. The van der Waals surface area contributed by atoms with Gasteiger partial charge in [0.1, 0.15) is 4.32 Å². The number of anilines is 1. The highest BCUT2D eigenvalue weighted by Gasteiger charge is 2.37. The third-order valence-corrected chi connectivity index (χ3v) is 5.72. The summed E-state index contributed by atoms with van der Waals surface area (Å²) in [5.74, 6) is -1.73. The largest absolute Gasteiger partial charge is 0.548 e. The van der Waals surface area contributed by atoms with Gasteiger partial charge < -0.3 is 14.8 Å². The van der Waals surface area contributed by atoms with Gasteiger partial charge in [-0.05, 0) is 35.8 Å². The third-order valence-electron chi connectivity index (χ3n) is 4.39. The van der Waals surface area contributed by atoms with Crippen LogP contribution in [0.25, 0.3) is 6.08 Å². The molecule has 3 rings (SSSR count). The quantitative estimate of drug-likeness (QED) is 0.537. The van der Waals surface area contributed by atoms with Crippen LogP contribution in [0.2, 0.25) is 0 Å². The predicted molar refractivity (Wildman–Crippen MR) is 115 cm³/mol. The number of aliphatic carboxylic acids is 1. The van der Waals surface area contributed by atoms with Crippen molar-refractivity contribution in [3.63, 3.8) is 0 Å². The number of carboxylic acids is 1. The maximum atomic E-state index is 12.9. The van der Waals surface area contributed by atoms with E-state index >= 15 is 0 Å². The molecule has 5 nitrogen and oxygen atoms in total. The average Bonchev–Trinajstić information content (AvgIpc) is 2.94. The summed E-state index contributed by atoms with van der Waals surface area (Å²) in [4.78, 5) is 28.2. The molecular weight excluding hydrogens is 392 g/mol. The number of hydrogen-bond acceptors (Lipinski definition) is 6. The second-order valence-corrected chi connectivity index (χ2v) is 8.24. The van der Waals surface area contributed by atoms with Crippen LogP contribution in [0.4, 0.5) is 5.69 Å². The molecule has 0 N–H and O–H groups in total. The van der Waals surface area contributed by atoms with Gasteiger partial charge in [-0.3, -0.25) is 9.69 Å². The summed E-state index contributed by atoms with van der Waals surface area (Å²) < 4.78 is 0.228. The molecule has 1 amide bonds. The van der Waals surface area contributed by atoms with Crippen molar-refractivity contribution in [1.82, 2.24) is 4.90 Å². The summed E-state index contributed by atoms with van der Waals surface area (Å²) in [5, 5.41) is 11.8. The lowest BCUT2D eigenvalue weighted by atomic mass is 10.0. The lowest BCUT2D eigenvalue weighted by Gasteiger charge is -2.27. The van der Waals surface area contributed by atoms with Crippen LogP contribution >= 0.6 is 24.0 Å². The molecule has 0 spiro atoms. The molecule has 1 atom stereocenters. The minimum absolute atomic E-state index is 0.139. The van der Waals surface area contributed by atoms with E-state index in [-0.39, 0.29) is 10.7 Å². The Morgan fingerprint density at radius 3 is 2.39 bits per heavy atom. The fraction of sp³-hybridized carbons (Fsp3) is 0.190. The minimum Gasteiger partial charge on any atom is -0.548 e. The molecule has 1 unspecified atom stereocenters. The molecular formula is C21H19N2O3S2-. The molecule has 144 valence electrons. The summed E-state index contributed by atoms with van der Waals surface area (Å²) in [6.07, 6.45) is 1.87. The third kappa shape index (κ3) is 4.43. The Morgan fingerprint density at radius 2 is 1.82 bits per heavy atom. The van der Waals surface area contributed by atoms with Crippen molar-refractivity contribution in [2.75, 3.05) is 19.0 Å². The number of carbonyl (C=O) groups excluding carboxylic acids is 2. The Morgan fingerprint density at radius 1 is 1.18 bits per heavy atom. The Bertz CT molecular complexity index is 924. The molecule has 1 saturated heterocycles. The standard InChI is InChI=1S/C21H20N2O3S2/c1-22(2)16-10-8-15(9-11-16)13-18-19(24)23(21(27)28-18)17(20(25)26)12-14-6-4-3-5-7-14/h3-11,13,17H,12H2,1-2H3,(H,25,26)/p-1. The van der Waals surface area contributed by atoms with Gasteiger partial charge in [-0.2, -0.15) is 0 Å². The number of rotatable bonds is 6. The number of carboxylic acid groups (broad SMARTS) is 1. The number of thiocarbonyl (C=S) groups is 1. The van der Waals surface area contributed by atoms with Gasteiger partial charge in [0.05, 0.1) is 16.9 Å². The van der Waals surface area contributed by atoms with E-state index in [2.05, 4.69) is 0 Å². The fourth-order valence-corrected chi connectivity index (χ4v) is 4.24. The first-order valence-electron chi connectivity index (χ1n) is 8.66. The second-order valence-electron chi connectivity index (χ2n) is 6.56. The van der Waals surface area contributed by atoms with Crippen molar-refractivity contribution in [2.45, 2.75) is 12.5 Å². The van der Waals surface area contributed by atoms with E-state index in [1.54, 1.807) is 6.08 Å². The first-order chi connectivity index (χ1) is 13.4. The van der Waals surface area contributed by atoms with Crippen molar-refractivity contribution < 1.29 is 14.7 Å². The number of nitrogens with zero attached hydrogens (tertiary/aromatic N) is 2. The van der Waals surface area contributed by atoms with Gasteiger partial charge in [0.25, 0.3) is 5.91 Å². The van der Waals surface area contributed by atoms with Crippen LogP contribution in [0.15, 0.2) is 59.5 Å². The molecule has 2 aromatic rings. The number of thioether (sulfide) groups is 1. The van der Waals surface area contributed by atoms with Crippen LogP contribution in [0.3, 0.4) is 0 Å². The highest BCUT2D eigenvalue weighted by molar-refractivity contribution is 8.26. The molecule has 0 saturated carbocycles. The zero-order valence-corrected chi connectivity index (χ0v) is 17.1. The molecule has 1 fully saturated rings. The van der Waals surface area contributed by atoms with E-state index in [4.69, 9.17) is 12.2 Å². The van der Waals surface area contributed by atoms with Crippen molar-refractivity contribution in [3.8, 4) is 0 Å². The van der Waals surface area contributed by atoms with Crippen molar-refractivity contribution in [3.05, 3.63) is 70.6 Å². The SMILES string of the molecule is CN(C)c1ccc(C=C2SC(=S)N(C(Cc3ccccc3)C(=O)[O-])C2=O)cc1. The first-order valence-corrected chi connectivity index (χ1v) is 9.88. The zero-order valence-electron chi connectivity index (χ0n) is 15.5. The fourth-order valence-electron chi connectivity index (χ4n) is 2.89. The summed E-state index contributed by atoms with van der Waals surface area (Å²) in [7, 11) is 3.90. The highest BCUT2D eigenvalue weighted by Crippen LogP contribution is 2.34. The summed E-state index contributed by atoms with van der Waals surface area (Å²) in [6, 6.07) is 15.7. The minimum atomic E-state index is -1.32. The lowest BCUT2D eigenvalue weighted by molar-refractivity contribution is -0.310. The highest BCUT2D eigenvalue weighted by atomic mass is 32.2. The van der Waals surface area contributed by atoms with Crippen molar-refractivity contribution in [2.24, 2.45) is 0 Å². The van der Waals surface area contributed by atoms with Crippen molar-refractivity contribution >= 4 is 51.9 Å². The van der Waals surface area contributed by atoms with Gasteiger partial charge in [-0.15, -0.1) is 0 Å². The molecule has 1 aliphatic rings. The van der Waals surface area contributed by atoms with E-state index in [0.29, 0.717) is 4.91 Å². The van der Waals surface area contributed by atoms with Gasteiger partial charge in [-0.25, -0.2) is 0 Å². The topological polar surface area (TPSA) is 63.7 Å². The Kier molecular flexibility index (Phi) is 6.16. The van der Waals surface area contributed by atoms with Crippen LogP contribution in [0.1, 0.15) is 11.1 Å². The molecule has 1 heterocycles. The molecule has 0 radical (unpaired) electrons. The normalized spacial score (nSPS) is 16.5. The van der Waals surface area contributed by atoms with Crippen LogP contribution in [-0.4, -0.2) is 41.2 Å². The van der Waals surface area contributed by atoms with Gasteiger partial charge in [0, 0.05) is 19.8 Å². The summed E-state index contributed by atoms with van der Waals surface area (Å²) in [6.45, 7) is 0. The van der Waals surface area contributed by atoms with Crippen LogP contribution < -0.4 is 10.0 Å². The molecule has 0 bridgehead atoms. The van der Waals surface area contributed by atoms with E-state index < -0.39 is 17.9 Å². The Balaban J connectivity index is 1.84. The smallest absolute Gasteiger partial charge is 0.266 e. The number of amides is 1. The van der Waals surface area contributed by atoms with E-state index in [1.165, 1.54) is 0 Å². The van der Waals surface area contributed by atoms with E-state index in [1.807, 2.05) is 73.6 Å². The van der Waals surface area contributed by atoms with Crippen LogP contribution in [-0.2, 0) is 16.0 Å². The summed E-state index contributed by atoms with van der Waals surface area (Å²) >= 11 is 6.42. The van der Waals surface area contributed by atoms with Crippen LogP contribution in [0.5, 0.6) is 0 Å². The molecule has 28 heavy (non-hydrogen) atoms. The molecule has 7 heteroatoms. The maximum Gasteiger partial charge on any atom is 0.266 e. The van der Waals surface area contributed by atoms with Crippen LogP contribution in [0, 0.1) is 0 Å². The van der Waals surface area contributed by atoms with E-state index in [9.17, 15) is 14.7 Å². The zero-order chi connectivity index (χ0) is 20.3. The number of benzene rings is 2. The Hall–Kier alpha value is -2.64. The molecule has 0 aliphatic carbocycles.